The number of thioether (sulfide) groups is 1. The van der Waals surface area contributed by atoms with Gasteiger partial charge in [0.1, 0.15) is 5.82 Å². The lowest BCUT2D eigenvalue weighted by molar-refractivity contribution is 0.628. The number of hydrogen-bond acceptors (Lipinski definition) is 6. The van der Waals surface area contributed by atoms with E-state index >= 15 is 0 Å². The third kappa shape index (κ3) is 3.99. The van der Waals surface area contributed by atoms with E-state index in [4.69, 9.17) is 0 Å². The maximum Gasteiger partial charge on any atom is 0.210 e. The number of rotatable bonds is 5. The first-order chi connectivity index (χ1) is 10.3. The molecule has 3 rings (SSSR count). The molecule has 2 aromatic heterocycles. The van der Waals surface area contributed by atoms with Crippen molar-refractivity contribution in [3.05, 3.63) is 60.2 Å². The van der Waals surface area contributed by atoms with Crippen LogP contribution in [0.5, 0.6) is 0 Å². The van der Waals surface area contributed by atoms with Crippen molar-refractivity contribution in [2.75, 3.05) is 5.32 Å². The normalized spacial score (nSPS) is 10.5. The molecular formula is C14H11FN4S2. The summed E-state index contributed by atoms with van der Waals surface area (Å²) in [5, 5.41) is 11.8. The van der Waals surface area contributed by atoms with Crippen LogP contribution in [0.15, 0.2) is 53.1 Å². The molecule has 2 heterocycles. The van der Waals surface area contributed by atoms with Crippen molar-refractivity contribution >= 4 is 33.9 Å². The Morgan fingerprint density at radius 1 is 1.19 bits per heavy atom. The van der Waals surface area contributed by atoms with Crippen LogP contribution in [0, 0.1) is 5.82 Å². The zero-order valence-corrected chi connectivity index (χ0v) is 12.5. The van der Waals surface area contributed by atoms with Gasteiger partial charge in [0.2, 0.25) is 5.13 Å². The molecule has 0 aliphatic carbocycles. The lowest BCUT2D eigenvalue weighted by Gasteiger charge is -2.00. The largest absolute Gasteiger partial charge is 0.330 e. The van der Waals surface area contributed by atoms with Crippen LogP contribution in [0.2, 0.25) is 0 Å². The van der Waals surface area contributed by atoms with Gasteiger partial charge in [0, 0.05) is 23.8 Å². The maximum absolute atomic E-state index is 13.1. The van der Waals surface area contributed by atoms with Gasteiger partial charge in [-0.25, -0.2) is 4.39 Å². The average Bonchev–Trinajstić information content (AvgIpc) is 2.94. The molecule has 0 aliphatic heterocycles. The van der Waals surface area contributed by atoms with Crippen LogP contribution >= 0.6 is 23.1 Å². The minimum atomic E-state index is -0.282. The van der Waals surface area contributed by atoms with Gasteiger partial charge in [-0.2, -0.15) is 0 Å². The number of benzene rings is 1. The molecule has 0 amide bonds. The Morgan fingerprint density at radius 2 is 2.14 bits per heavy atom. The molecule has 0 saturated carbocycles. The second-order valence-electron chi connectivity index (χ2n) is 4.16. The summed E-state index contributed by atoms with van der Waals surface area (Å²) in [6.45, 7) is 0. The van der Waals surface area contributed by atoms with Gasteiger partial charge in [-0.15, -0.1) is 10.2 Å². The molecule has 21 heavy (non-hydrogen) atoms. The van der Waals surface area contributed by atoms with Crippen LogP contribution in [-0.2, 0) is 5.75 Å². The number of aromatic nitrogens is 3. The molecule has 0 aliphatic rings. The van der Waals surface area contributed by atoms with Gasteiger partial charge in [-0.05, 0) is 29.8 Å². The average molecular weight is 318 g/mol. The van der Waals surface area contributed by atoms with E-state index in [1.165, 1.54) is 23.5 Å². The van der Waals surface area contributed by atoms with Crippen molar-refractivity contribution in [1.82, 2.24) is 15.2 Å². The Bertz CT molecular complexity index is 718. The van der Waals surface area contributed by atoms with E-state index in [1.807, 2.05) is 18.3 Å². The van der Waals surface area contributed by atoms with E-state index in [2.05, 4.69) is 20.5 Å². The molecule has 0 saturated heterocycles. The topological polar surface area (TPSA) is 50.7 Å². The molecule has 0 radical (unpaired) electrons. The van der Waals surface area contributed by atoms with Crippen molar-refractivity contribution in [3.63, 3.8) is 0 Å². The first-order valence-corrected chi connectivity index (χ1v) is 7.97. The highest BCUT2D eigenvalue weighted by Crippen LogP contribution is 2.29. The number of hydrogen-bond donors (Lipinski definition) is 1. The molecule has 7 heteroatoms. The van der Waals surface area contributed by atoms with Crippen LogP contribution in [-0.4, -0.2) is 15.2 Å². The van der Waals surface area contributed by atoms with Crippen molar-refractivity contribution in [1.29, 1.82) is 0 Å². The summed E-state index contributed by atoms with van der Waals surface area (Å²) >= 11 is 3.04. The summed E-state index contributed by atoms with van der Waals surface area (Å²) in [5.74, 6) is 0.512. The summed E-state index contributed by atoms with van der Waals surface area (Å²) in [6.07, 6.45) is 3.58. The first kappa shape index (κ1) is 14.0. The van der Waals surface area contributed by atoms with E-state index in [-0.39, 0.29) is 5.82 Å². The molecule has 3 aromatic rings. The minimum Gasteiger partial charge on any atom is -0.330 e. The Kier molecular flexibility index (Phi) is 4.42. The van der Waals surface area contributed by atoms with Crippen LogP contribution in [0.25, 0.3) is 0 Å². The number of nitrogens with zero attached hydrogens (tertiary/aromatic N) is 3. The highest BCUT2D eigenvalue weighted by molar-refractivity contribution is 8.00. The number of pyridine rings is 1. The first-order valence-electron chi connectivity index (χ1n) is 6.17. The van der Waals surface area contributed by atoms with Gasteiger partial charge >= 0.3 is 0 Å². The monoisotopic (exact) mass is 318 g/mol. The van der Waals surface area contributed by atoms with Gasteiger partial charge in [-0.1, -0.05) is 35.2 Å². The molecule has 1 N–H and O–H groups in total. The molecule has 0 spiro atoms. The quantitative estimate of drug-likeness (QED) is 0.718. The van der Waals surface area contributed by atoms with Crippen LogP contribution in [0.4, 0.5) is 15.2 Å². The number of nitrogens with one attached hydrogen (secondary N) is 1. The summed E-state index contributed by atoms with van der Waals surface area (Å²) in [6, 6.07) is 10.2. The molecule has 0 atom stereocenters. The Hall–Kier alpha value is -1.99. The molecule has 106 valence electrons. The number of halogens is 1. The molecule has 0 fully saturated rings. The standard InChI is InChI=1S/C14H11FN4S2/c15-11-4-1-5-12(7-11)17-13-18-19-14(21-13)20-9-10-3-2-6-16-8-10/h1-8H,9H2,(H,17,18). The van der Waals surface area contributed by atoms with Crippen LogP contribution in [0.1, 0.15) is 5.56 Å². The van der Waals surface area contributed by atoms with Gasteiger partial charge < -0.3 is 5.32 Å². The third-order valence-corrected chi connectivity index (χ3v) is 4.61. The van der Waals surface area contributed by atoms with Crippen molar-refractivity contribution in [2.24, 2.45) is 0 Å². The van der Waals surface area contributed by atoms with E-state index in [0.29, 0.717) is 10.8 Å². The Labute approximate surface area is 129 Å². The van der Waals surface area contributed by atoms with E-state index in [1.54, 1.807) is 30.1 Å². The highest BCUT2D eigenvalue weighted by Gasteiger charge is 2.06. The lowest BCUT2D eigenvalue weighted by atomic mass is 10.3. The smallest absolute Gasteiger partial charge is 0.210 e. The maximum atomic E-state index is 13.1. The van der Waals surface area contributed by atoms with Crippen molar-refractivity contribution in [3.8, 4) is 0 Å². The van der Waals surface area contributed by atoms with Gasteiger partial charge in [0.25, 0.3) is 0 Å². The second kappa shape index (κ2) is 6.64. The predicted molar refractivity (Wildman–Crippen MR) is 83.4 cm³/mol. The fourth-order valence-electron chi connectivity index (χ4n) is 1.64. The summed E-state index contributed by atoms with van der Waals surface area (Å²) in [7, 11) is 0. The second-order valence-corrected chi connectivity index (χ2v) is 6.36. The zero-order chi connectivity index (χ0) is 14.5. The summed E-state index contributed by atoms with van der Waals surface area (Å²) in [5.41, 5.74) is 1.80. The van der Waals surface area contributed by atoms with Crippen LogP contribution in [0.3, 0.4) is 0 Å². The van der Waals surface area contributed by atoms with Gasteiger partial charge in [0.05, 0.1) is 0 Å². The van der Waals surface area contributed by atoms with Crippen molar-refractivity contribution in [2.45, 2.75) is 10.1 Å². The van der Waals surface area contributed by atoms with Crippen molar-refractivity contribution < 1.29 is 4.39 Å². The van der Waals surface area contributed by atoms with Gasteiger partial charge in [-0.3, -0.25) is 4.98 Å². The zero-order valence-electron chi connectivity index (χ0n) is 10.9. The van der Waals surface area contributed by atoms with E-state index in [9.17, 15) is 4.39 Å². The predicted octanol–water partition coefficient (Wildman–Crippen LogP) is 4.11. The fourth-order valence-corrected chi connectivity index (χ4v) is 3.34. The molecule has 1 aromatic carbocycles. The fraction of sp³-hybridized carbons (Fsp3) is 0.0714. The number of anilines is 2. The summed E-state index contributed by atoms with van der Waals surface area (Å²) in [4.78, 5) is 4.07. The molecule has 0 unspecified atom stereocenters. The Balaban J connectivity index is 1.61. The SMILES string of the molecule is Fc1cccc(Nc2nnc(SCc3cccnc3)s2)c1. The summed E-state index contributed by atoms with van der Waals surface area (Å²) < 4.78 is 14.0. The molecule has 0 bridgehead atoms. The van der Waals surface area contributed by atoms with E-state index < -0.39 is 0 Å². The lowest BCUT2D eigenvalue weighted by Crippen LogP contribution is -1.89. The molecular weight excluding hydrogens is 307 g/mol. The minimum absolute atomic E-state index is 0.282. The third-order valence-electron chi connectivity index (χ3n) is 2.57. The van der Waals surface area contributed by atoms with Gasteiger partial charge in [0.15, 0.2) is 4.34 Å². The van der Waals surface area contributed by atoms with Crippen LogP contribution < -0.4 is 5.32 Å². The van der Waals surface area contributed by atoms with E-state index in [0.717, 1.165) is 15.7 Å². The molecule has 4 nitrogen and oxygen atoms in total. The Morgan fingerprint density at radius 3 is 2.95 bits per heavy atom. The highest BCUT2D eigenvalue weighted by atomic mass is 32.2.